The van der Waals surface area contributed by atoms with E-state index in [-0.39, 0.29) is 6.23 Å². The van der Waals surface area contributed by atoms with Crippen LogP contribution >= 0.6 is 11.6 Å². The highest BCUT2D eigenvalue weighted by atomic mass is 35.5. The number of piperidine rings is 1. The summed E-state index contributed by atoms with van der Waals surface area (Å²) in [5.41, 5.74) is 1.24. The third kappa shape index (κ3) is 2.35. The molecule has 0 aromatic heterocycles. The van der Waals surface area contributed by atoms with Crippen LogP contribution in [-0.4, -0.2) is 24.1 Å². The molecule has 1 aromatic rings. The number of ether oxygens (including phenoxy) is 1. The van der Waals surface area contributed by atoms with E-state index >= 15 is 0 Å². The van der Waals surface area contributed by atoms with Crippen LogP contribution in [0.5, 0.6) is 0 Å². The molecule has 0 radical (unpaired) electrons. The smallest absolute Gasteiger partial charge is 0.137 e. The summed E-state index contributed by atoms with van der Waals surface area (Å²) in [4.78, 5) is 2.52. The average Bonchev–Trinajstić information content (AvgIpc) is 2.39. The lowest BCUT2D eigenvalue weighted by Crippen LogP contribution is -2.47. The van der Waals surface area contributed by atoms with Crippen molar-refractivity contribution < 1.29 is 4.74 Å². The largest absolute Gasteiger partial charge is 0.359 e. The summed E-state index contributed by atoms with van der Waals surface area (Å²) in [7, 11) is 0. The Labute approximate surface area is 108 Å². The Morgan fingerprint density at radius 3 is 2.76 bits per heavy atom. The van der Waals surface area contributed by atoms with Crippen LogP contribution in [0.25, 0.3) is 0 Å². The first-order valence-electron chi connectivity index (χ1n) is 6.47. The molecule has 0 aliphatic carbocycles. The van der Waals surface area contributed by atoms with Crippen LogP contribution < -0.4 is 0 Å². The Bertz CT molecular complexity index is 376. The molecule has 17 heavy (non-hydrogen) atoms. The first-order chi connectivity index (χ1) is 8.34. The van der Waals surface area contributed by atoms with Gasteiger partial charge in [-0.15, -0.1) is 0 Å². The second-order valence-electron chi connectivity index (χ2n) is 4.95. The molecule has 2 aliphatic heterocycles. The maximum Gasteiger partial charge on any atom is 0.137 e. The van der Waals surface area contributed by atoms with Gasteiger partial charge in [0.05, 0.1) is 6.61 Å². The number of hydrogen-bond donors (Lipinski definition) is 0. The Balaban J connectivity index is 1.83. The van der Waals surface area contributed by atoms with E-state index in [1.54, 1.807) is 0 Å². The molecule has 2 nitrogen and oxygen atoms in total. The fourth-order valence-corrected chi connectivity index (χ4v) is 3.09. The van der Waals surface area contributed by atoms with Gasteiger partial charge in [-0.1, -0.05) is 30.2 Å². The van der Waals surface area contributed by atoms with E-state index in [1.165, 1.54) is 31.2 Å². The second-order valence-corrected chi connectivity index (χ2v) is 5.39. The lowest BCUT2D eigenvalue weighted by Gasteiger charge is -2.44. The summed E-state index contributed by atoms with van der Waals surface area (Å²) in [6, 6.07) is 8.80. The van der Waals surface area contributed by atoms with E-state index < -0.39 is 0 Å². The molecule has 0 bridgehead atoms. The molecule has 0 saturated carbocycles. The fourth-order valence-electron chi connectivity index (χ4n) is 2.97. The normalized spacial score (nSPS) is 29.9. The second kappa shape index (κ2) is 4.97. The first kappa shape index (κ1) is 11.5. The van der Waals surface area contributed by atoms with E-state index in [1.807, 2.05) is 12.1 Å². The van der Waals surface area contributed by atoms with Gasteiger partial charge in [0, 0.05) is 17.6 Å². The number of benzene rings is 1. The number of halogens is 1. The van der Waals surface area contributed by atoms with Crippen molar-refractivity contribution in [1.82, 2.24) is 4.90 Å². The highest BCUT2D eigenvalue weighted by Crippen LogP contribution is 2.34. The predicted octanol–water partition coefficient (Wildman–Crippen LogP) is 3.61. The highest BCUT2D eigenvalue weighted by molar-refractivity contribution is 6.30. The monoisotopic (exact) mass is 251 g/mol. The van der Waals surface area contributed by atoms with Gasteiger partial charge < -0.3 is 4.74 Å². The SMILES string of the molecule is Clc1ccc(C2OCCC3CCCCN32)cc1. The standard InChI is InChI=1S/C14H18ClNO/c15-12-6-4-11(5-7-12)14-16-9-2-1-3-13(16)8-10-17-14/h4-7,13-14H,1-3,8-10H2. The van der Waals surface area contributed by atoms with Crippen LogP contribution in [0.3, 0.4) is 0 Å². The van der Waals surface area contributed by atoms with E-state index in [0.29, 0.717) is 0 Å². The molecule has 2 fully saturated rings. The molecular weight excluding hydrogens is 234 g/mol. The molecule has 2 saturated heterocycles. The van der Waals surface area contributed by atoms with Gasteiger partial charge >= 0.3 is 0 Å². The molecule has 1 aromatic carbocycles. The Kier molecular flexibility index (Phi) is 3.37. The van der Waals surface area contributed by atoms with E-state index in [9.17, 15) is 0 Å². The summed E-state index contributed by atoms with van der Waals surface area (Å²) in [6.07, 6.45) is 5.32. The van der Waals surface area contributed by atoms with Crippen molar-refractivity contribution in [3.05, 3.63) is 34.9 Å². The first-order valence-corrected chi connectivity index (χ1v) is 6.85. The zero-order valence-corrected chi connectivity index (χ0v) is 10.7. The Morgan fingerprint density at radius 2 is 1.94 bits per heavy atom. The van der Waals surface area contributed by atoms with Gasteiger partial charge in [-0.3, -0.25) is 4.90 Å². The zero-order chi connectivity index (χ0) is 11.7. The zero-order valence-electron chi connectivity index (χ0n) is 9.94. The molecule has 2 heterocycles. The highest BCUT2D eigenvalue weighted by Gasteiger charge is 2.33. The third-order valence-electron chi connectivity index (χ3n) is 3.86. The fraction of sp³-hybridized carbons (Fsp3) is 0.571. The van der Waals surface area contributed by atoms with Crippen LogP contribution in [0.4, 0.5) is 0 Å². The molecule has 0 spiro atoms. The van der Waals surface area contributed by atoms with Crippen molar-refractivity contribution in [2.75, 3.05) is 13.2 Å². The van der Waals surface area contributed by atoms with Gasteiger partial charge in [-0.2, -0.15) is 0 Å². The summed E-state index contributed by atoms with van der Waals surface area (Å²) in [5.74, 6) is 0. The minimum Gasteiger partial charge on any atom is -0.359 e. The van der Waals surface area contributed by atoms with Crippen LogP contribution in [-0.2, 0) is 4.74 Å². The summed E-state index contributed by atoms with van der Waals surface area (Å²) in [6.45, 7) is 2.05. The van der Waals surface area contributed by atoms with Crippen LogP contribution in [0.1, 0.15) is 37.5 Å². The van der Waals surface area contributed by atoms with Crippen molar-refractivity contribution in [2.45, 2.75) is 38.0 Å². The van der Waals surface area contributed by atoms with Crippen molar-refractivity contribution >= 4 is 11.6 Å². The molecule has 0 N–H and O–H groups in total. The van der Waals surface area contributed by atoms with Gasteiger partial charge in [-0.05, 0) is 37.0 Å². The topological polar surface area (TPSA) is 12.5 Å². The van der Waals surface area contributed by atoms with Crippen molar-refractivity contribution in [2.24, 2.45) is 0 Å². The maximum atomic E-state index is 5.96. The number of hydrogen-bond acceptors (Lipinski definition) is 2. The van der Waals surface area contributed by atoms with Crippen LogP contribution in [0, 0.1) is 0 Å². The Morgan fingerprint density at radius 1 is 1.12 bits per heavy atom. The molecule has 3 rings (SSSR count). The van der Waals surface area contributed by atoms with Crippen molar-refractivity contribution in [1.29, 1.82) is 0 Å². The van der Waals surface area contributed by atoms with Gasteiger partial charge in [0.1, 0.15) is 6.23 Å². The van der Waals surface area contributed by atoms with Gasteiger partial charge in [0.15, 0.2) is 0 Å². The quantitative estimate of drug-likeness (QED) is 0.756. The molecule has 2 aliphatic rings. The minimum absolute atomic E-state index is 0.145. The molecule has 2 atom stereocenters. The third-order valence-corrected chi connectivity index (χ3v) is 4.11. The minimum atomic E-state index is 0.145. The number of nitrogens with zero attached hydrogens (tertiary/aromatic N) is 1. The summed E-state index contributed by atoms with van der Waals surface area (Å²) >= 11 is 5.93. The number of rotatable bonds is 1. The van der Waals surface area contributed by atoms with Gasteiger partial charge in [-0.25, -0.2) is 0 Å². The van der Waals surface area contributed by atoms with Crippen molar-refractivity contribution in [3.8, 4) is 0 Å². The molecular formula is C14H18ClNO. The van der Waals surface area contributed by atoms with Gasteiger partial charge in [0.2, 0.25) is 0 Å². The van der Waals surface area contributed by atoms with E-state index in [2.05, 4.69) is 17.0 Å². The van der Waals surface area contributed by atoms with Crippen LogP contribution in [0.2, 0.25) is 5.02 Å². The summed E-state index contributed by atoms with van der Waals surface area (Å²) < 4.78 is 5.96. The van der Waals surface area contributed by atoms with Gasteiger partial charge in [0.25, 0.3) is 0 Å². The molecule has 3 heteroatoms. The molecule has 92 valence electrons. The van der Waals surface area contributed by atoms with Crippen molar-refractivity contribution in [3.63, 3.8) is 0 Å². The Hall–Kier alpha value is -0.570. The lowest BCUT2D eigenvalue weighted by molar-refractivity contribution is -0.136. The predicted molar refractivity (Wildman–Crippen MR) is 69.1 cm³/mol. The summed E-state index contributed by atoms with van der Waals surface area (Å²) in [5, 5.41) is 0.791. The lowest BCUT2D eigenvalue weighted by atomic mass is 9.96. The van der Waals surface area contributed by atoms with E-state index in [0.717, 1.165) is 24.2 Å². The van der Waals surface area contributed by atoms with Crippen LogP contribution in [0.15, 0.2) is 24.3 Å². The maximum absolute atomic E-state index is 5.96. The van der Waals surface area contributed by atoms with E-state index in [4.69, 9.17) is 16.3 Å². The molecule has 2 unspecified atom stereocenters. The molecule has 0 amide bonds. The number of fused-ring (bicyclic) bond motifs is 1. The average molecular weight is 252 g/mol.